The molecule has 0 saturated carbocycles. The molecule has 3 unspecified atom stereocenters. The number of morpholine rings is 1. The van der Waals surface area contributed by atoms with Crippen molar-refractivity contribution in [3.63, 3.8) is 0 Å². The molecule has 2 aromatic heterocycles. The van der Waals surface area contributed by atoms with Crippen molar-refractivity contribution in [2.75, 3.05) is 25.4 Å². The van der Waals surface area contributed by atoms with Gasteiger partial charge in [-0.05, 0) is 19.9 Å². The zero-order valence-corrected chi connectivity index (χ0v) is 16.4. The molecule has 0 aliphatic carbocycles. The predicted octanol–water partition coefficient (Wildman–Crippen LogP) is 2.96. The summed E-state index contributed by atoms with van der Waals surface area (Å²) in [5.41, 5.74) is -0.726. The number of rotatable bonds is 5. The second-order valence-corrected chi connectivity index (χ2v) is 8.09. The van der Waals surface area contributed by atoms with Gasteiger partial charge < -0.3 is 9.84 Å². The van der Waals surface area contributed by atoms with Crippen molar-refractivity contribution in [2.24, 2.45) is 0 Å². The van der Waals surface area contributed by atoms with Gasteiger partial charge in [0, 0.05) is 31.6 Å². The molecule has 0 bridgehead atoms. The van der Waals surface area contributed by atoms with E-state index in [1.807, 2.05) is 13.8 Å². The maximum atomic E-state index is 13.0. The molecule has 1 aliphatic heterocycles. The van der Waals surface area contributed by atoms with Crippen LogP contribution in [0.25, 0.3) is 5.65 Å². The first-order valence-corrected chi connectivity index (χ1v) is 9.80. The molecule has 1 N–H and O–H groups in total. The lowest BCUT2D eigenvalue weighted by Crippen LogP contribution is -2.48. The van der Waals surface area contributed by atoms with E-state index in [2.05, 4.69) is 15.1 Å². The number of pyridine rings is 1. The molecule has 6 nitrogen and oxygen atoms in total. The molecule has 1 saturated heterocycles. The van der Waals surface area contributed by atoms with E-state index in [-0.39, 0.29) is 33.8 Å². The summed E-state index contributed by atoms with van der Waals surface area (Å²) >= 11 is 7.04. The first-order valence-electron chi connectivity index (χ1n) is 8.43. The average molecular weight is 425 g/mol. The minimum Gasteiger partial charge on any atom is -0.391 e. The van der Waals surface area contributed by atoms with Crippen LogP contribution in [-0.4, -0.2) is 68.3 Å². The Morgan fingerprint density at radius 2 is 2.00 bits per heavy atom. The van der Waals surface area contributed by atoms with E-state index in [0.29, 0.717) is 6.54 Å². The molecule has 0 spiro atoms. The van der Waals surface area contributed by atoms with E-state index in [4.69, 9.17) is 16.3 Å². The lowest BCUT2D eigenvalue weighted by molar-refractivity contribution is -0.137. The van der Waals surface area contributed by atoms with Crippen molar-refractivity contribution in [3.05, 3.63) is 22.8 Å². The van der Waals surface area contributed by atoms with Crippen molar-refractivity contribution >= 4 is 29.0 Å². The first kappa shape index (κ1) is 20.7. The van der Waals surface area contributed by atoms with Crippen molar-refractivity contribution in [3.8, 4) is 0 Å². The largest absolute Gasteiger partial charge is 0.417 e. The summed E-state index contributed by atoms with van der Waals surface area (Å²) in [6.45, 7) is 5.87. The van der Waals surface area contributed by atoms with Crippen LogP contribution in [0, 0.1) is 0 Å². The van der Waals surface area contributed by atoms with E-state index in [1.165, 1.54) is 4.40 Å². The van der Waals surface area contributed by atoms with E-state index in [0.717, 1.165) is 37.1 Å². The number of β-amino-alcohol motifs (C(OH)–C–C–N with tert-alkyl or cyclic N) is 1. The second kappa shape index (κ2) is 8.12. The zero-order chi connectivity index (χ0) is 19.8. The van der Waals surface area contributed by atoms with Crippen LogP contribution in [0.5, 0.6) is 0 Å². The van der Waals surface area contributed by atoms with Crippen molar-refractivity contribution in [2.45, 2.75) is 43.5 Å². The Morgan fingerprint density at radius 1 is 1.33 bits per heavy atom. The number of alkyl halides is 3. The molecule has 3 atom stereocenters. The number of hydrogen-bond acceptors (Lipinski definition) is 6. The van der Waals surface area contributed by atoms with Gasteiger partial charge >= 0.3 is 6.18 Å². The number of hydrogen-bond donors (Lipinski definition) is 1. The molecule has 27 heavy (non-hydrogen) atoms. The third-order valence-electron chi connectivity index (χ3n) is 4.12. The minimum absolute atomic E-state index is 0.0944. The van der Waals surface area contributed by atoms with Gasteiger partial charge in [-0.25, -0.2) is 0 Å². The quantitative estimate of drug-likeness (QED) is 0.744. The Labute approximate surface area is 163 Å². The lowest BCUT2D eigenvalue weighted by Gasteiger charge is -2.36. The Bertz CT molecular complexity index is 794. The van der Waals surface area contributed by atoms with Crippen LogP contribution in [0.4, 0.5) is 13.2 Å². The van der Waals surface area contributed by atoms with Gasteiger partial charge in [0.15, 0.2) is 10.8 Å². The van der Waals surface area contributed by atoms with Crippen LogP contribution >= 0.6 is 23.4 Å². The third kappa shape index (κ3) is 5.05. The number of halogens is 4. The molecule has 1 fully saturated rings. The summed E-state index contributed by atoms with van der Waals surface area (Å²) in [6, 6.07) is 0.829. The molecule has 0 aromatic carbocycles. The van der Waals surface area contributed by atoms with Gasteiger partial charge in [-0.3, -0.25) is 9.30 Å². The number of aromatic nitrogens is 3. The zero-order valence-electron chi connectivity index (χ0n) is 14.8. The van der Waals surface area contributed by atoms with Gasteiger partial charge in [-0.1, -0.05) is 23.4 Å². The maximum absolute atomic E-state index is 13.0. The molecule has 150 valence electrons. The second-order valence-electron chi connectivity index (χ2n) is 6.69. The Hall–Kier alpha value is -1.07. The number of aliphatic hydroxyl groups excluding tert-OH is 1. The first-order chi connectivity index (χ1) is 12.6. The Morgan fingerprint density at radius 3 is 2.63 bits per heavy atom. The Kier molecular flexibility index (Phi) is 6.21. The van der Waals surface area contributed by atoms with Crippen LogP contribution in [0.2, 0.25) is 5.02 Å². The lowest BCUT2D eigenvalue weighted by atomic mass is 10.2. The summed E-state index contributed by atoms with van der Waals surface area (Å²) in [7, 11) is 0. The van der Waals surface area contributed by atoms with Gasteiger partial charge in [0.1, 0.15) is 0 Å². The molecular formula is C16H20ClF3N4O2S. The fraction of sp³-hybridized carbons (Fsp3) is 0.625. The summed E-state index contributed by atoms with van der Waals surface area (Å²) in [5.74, 6) is 0.273. The van der Waals surface area contributed by atoms with Gasteiger partial charge in [-0.15, -0.1) is 10.2 Å². The smallest absolute Gasteiger partial charge is 0.391 e. The van der Waals surface area contributed by atoms with Crippen LogP contribution < -0.4 is 0 Å². The standard InChI is InChI=1S/C16H20ClF3N4O2S/c1-9-4-23(5-10(2)26-9)7-12(25)8-27-15-22-21-14-13(17)3-11(6-24(14)15)16(18,19)20/h3,6,9-10,12,25H,4-5,7-8H2,1-2H3. The number of fused-ring (bicyclic) bond motifs is 1. The topological polar surface area (TPSA) is 62.9 Å². The number of aliphatic hydroxyl groups is 1. The molecule has 3 heterocycles. The molecule has 11 heteroatoms. The number of thioether (sulfide) groups is 1. The van der Waals surface area contributed by atoms with Crippen LogP contribution in [0.15, 0.2) is 17.4 Å². The normalized spacial score (nSPS) is 23.1. The van der Waals surface area contributed by atoms with E-state index in [1.54, 1.807) is 0 Å². The van der Waals surface area contributed by atoms with Gasteiger partial charge in [0.25, 0.3) is 0 Å². The predicted molar refractivity (Wildman–Crippen MR) is 96.2 cm³/mol. The maximum Gasteiger partial charge on any atom is 0.417 e. The molecular weight excluding hydrogens is 405 g/mol. The molecule has 1 aliphatic rings. The van der Waals surface area contributed by atoms with Crippen molar-refractivity contribution in [1.29, 1.82) is 0 Å². The highest BCUT2D eigenvalue weighted by Crippen LogP contribution is 2.33. The molecule has 0 amide bonds. The summed E-state index contributed by atoms with van der Waals surface area (Å²) in [6.07, 6.45) is -4.08. The van der Waals surface area contributed by atoms with Crippen LogP contribution in [-0.2, 0) is 10.9 Å². The fourth-order valence-corrected chi connectivity index (χ4v) is 4.21. The summed E-state index contributed by atoms with van der Waals surface area (Å²) in [4.78, 5) is 2.12. The minimum atomic E-state index is -4.52. The average Bonchev–Trinajstić information content (AvgIpc) is 2.94. The van der Waals surface area contributed by atoms with Crippen LogP contribution in [0.1, 0.15) is 19.4 Å². The highest BCUT2D eigenvalue weighted by atomic mass is 35.5. The van der Waals surface area contributed by atoms with Crippen molar-refractivity contribution < 1.29 is 23.0 Å². The van der Waals surface area contributed by atoms with Gasteiger partial charge in [0.05, 0.1) is 28.9 Å². The summed E-state index contributed by atoms with van der Waals surface area (Å²) in [5, 5.41) is 18.2. The summed E-state index contributed by atoms with van der Waals surface area (Å²) < 4.78 is 45.9. The van der Waals surface area contributed by atoms with Gasteiger partial charge in [-0.2, -0.15) is 13.2 Å². The number of nitrogens with zero attached hydrogens (tertiary/aromatic N) is 4. The van der Waals surface area contributed by atoms with E-state index in [9.17, 15) is 18.3 Å². The Balaban J connectivity index is 1.67. The SMILES string of the molecule is CC1CN(CC(O)CSc2nnc3c(Cl)cc(C(F)(F)F)cn23)CC(C)O1. The molecule has 3 rings (SSSR count). The molecule has 0 radical (unpaired) electrons. The van der Waals surface area contributed by atoms with E-state index >= 15 is 0 Å². The number of ether oxygens (including phenoxy) is 1. The third-order valence-corrected chi connectivity index (χ3v) is 5.49. The van der Waals surface area contributed by atoms with E-state index < -0.39 is 17.8 Å². The van der Waals surface area contributed by atoms with Crippen molar-refractivity contribution in [1.82, 2.24) is 19.5 Å². The monoisotopic (exact) mass is 424 g/mol. The van der Waals surface area contributed by atoms with Gasteiger partial charge in [0.2, 0.25) is 0 Å². The highest BCUT2D eigenvalue weighted by molar-refractivity contribution is 7.99. The van der Waals surface area contributed by atoms with Crippen LogP contribution in [0.3, 0.4) is 0 Å². The molecule has 2 aromatic rings. The highest BCUT2D eigenvalue weighted by Gasteiger charge is 2.32. The fourth-order valence-electron chi connectivity index (χ4n) is 3.14.